The summed E-state index contributed by atoms with van der Waals surface area (Å²) in [6.07, 6.45) is 0. The Morgan fingerprint density at radius 2 is 2.00 bits per heavy atom. The Morgan fingerprint density at radius 1 is 1.43 bits per heavy atom. The first-order valence-corrected chi connectivity index (χ1v) is 5.54. The summed E-state index contributed by atoms with van der Waals surface area (Å²) in [7, 11) is -1.50. The van der Waals surface area contributed by atoms with Gasteiger partial charge in [-0.3, -0.25) is 0 Å². The van der Waals surface area contributed by atoms with Gasteiger partial charge in [-0.05, 0) is 38.0 Å². The van der Waals surface area contributed by atoms with Crippen molar-refractivity contribution in [2.24, 2.45) is 5.14 Å². The molecule has 0 bridgehead atoms. The van der Waals surface area contributed by atoms with Crippen LogP contribution in [0, 0.1) is 6.92 Å². The predicted octanol–water partition coefficient (Wildman–Crippen LogP) is 1.20. The van der Waals surface area contributed by atoms with Gasteiger partial charge in [0, 0.05) is 0 Å². The smallest absolute Gasteiger partial charge is 0.122 e. The maximum absolute atomic E-state index is 11.2. The summed E-state index contributed by atoms with van der Waals surface area (Å²) in [5, 5.41) is 15.2. The molecule has 0 radical (unpaired) electrons. The van der Waals surface area contributed by atoms with E-state index in [1.807, 2.05) is 13.0 Å². The zero-order chi connectivity index (χ0) is 10.9. The molecule has 0 aliphatic rings. The van der Waals surface area contributed by atoms with Crippen molar-refractivity contribution in [1.29, 1.82) is 0 Å². The minimum atomic E-state index is -1.50. The first-order chi connectivity index (χ1) is 6.34. The Morgan fingerprint density at radius 3 is 2.43 bits per heavy atom. The van der Waals surface area contributed by atoms with Gasteiger partial charge in [0.25, 0.3) is 0 Å². The lowest BCUT2D eigenvalue weighted by atomic mass is 9.94. The highest BCUT2D eigenvalue weighted by molar-refractivity contribution is 7.82. The summed E-state index contributed by atoms with van der Waals surface area (Å²) < 4.78 is 11.2. The fourth-order valence-electron chi connectivity index (χ4n) is 1.50. The second-order valence-corrected chi connectivity index (χ2v) is 4.82. The number of benzene rings is 1. The maximum atomic E-state index is 11.2. The van der Waals surface area contributed by atoms with E-state index in [4.69, 9.17) is 5.14 Å². The number of nitrogens with two attached hydrogens (primary N) is 1. The molecule has 0 saturated carbocycles. The molecule has 4 heteroatoms. The fraction of sp³-hybridized carbons (Fsp3) is 0.400. The van der Waals surface area contributed by atoms with E-state index in [1.54, 1.807) is 26.0 Å². The minimum absolute atomic E-state index is 0.574. The maximum Gasteiger partial charge on any atom is 0.122 e. The zero-order valence-electron chi connectivity index (χ0n) is 8.57. The monoisotopic (exact) mass is 213 g/mol. The van der Waals surface area contributed by atoms with E-state index in [0.29, 0.717) is 4.90 Å². The standard InChI is InChI=1S/C10H15NO2S/c1-7-8(10(2,3)12)5-4-6-9(7)14(11)13/h4-6,12H,11H2,1-3H3. The van der Waals surface area contributed by atoms with Gasteiger partial charge in [0.15, 0.2) is 0 Å². The molecule has 1 aromatic carbocycles. The Labute approximate surface area is 86.5 Å². The van der Waals surface area contributed by atoms with Gasteiger partial charge in [-0.15, -0.1) is 0 Å². The third kappa shape index (κ3) is 2.20. The van der Waals surface area contributed by atoms with Gasteiger partial charge in [-0.1, -0.05) is 12.1 Å². The van der Waals surface area contributed by atoms with Crippen LogP contribution >= 0.6 is 0 Å². The van der Waals surface area contributed by atoms with E-state index in [9.17, 15) is 9.32 Å². The summed E-state index contributed by atoms with van der Waals surface area (Å²) in [6, 6.07) is 5.27. The lowest BCUT2D eigenvalue weighted by molar-refractivity contribution is 0.0776. The molecule has 0 amide bonds. The number of rotatable bonds is 2. The van der Waals surface area contributed by atoms with Gasteiger partial charge >= 0.3 is 0 Å². The van der Waals surface area contributed by atoms with Crippen LogP contribution < -0.4 is 5.14 Å². The van der Waals surface area contributed by atoms with Crippen molar-refractivity contribution < 1.29 is 9.32 Å². The third-order valence-corrected chi connectivity index (χ3v) is 3.04. The molecule has 0 fully saturated rings. The van der Waals surface area contributed by atoms with Gasteiger partial charge in [0.1, 0.15) is 11.0 Å². The quantitative estimate of drug-likeness (QED) is 0.775. The number of hydrogen-bond acceptors (Lipinski definition) is 2. The second-order valence-electron chi connectivity index (χ2n) is 3.79. The first-order valence-electron chi connectivity index (χ1n) is 4.32. The van der Waals surface area contributed by atoms with Crippen molar-refractivity contribution in [3.8, 4) is 0 Å². The summed E-state index contributed by atoms with van der Waals surface area (Å²) in [5.74, 6) is 0. The van der Waals surface area contributed by atoms with Crippen LogP contribution in [0.3, 0.4) is 0 Å². The minimum Gasteiger partial charge on any atom is -0.386 e. The Kier molecular flexibility index (Phi) is 3.09. The van der Waals surface area contributed by atoms with Gasteiger partial charge in [0.05, 0.1) is 10.5 Å². The summed E-state index contributed by atoms with van der Waals surface area (Å²) in [5.41, 5.74) is 0.619. The molecule has 1 rings (SSSR count). The molecule has 0 aliphatic carbocycles. The van der Waals surface area contributed by atoms with Crippen LogP contribution in [-0.4, -0.2) is 9.32 Å². The number of hydrogen-bond donors (Lipinski definition) is 2. The molecule has 14 heavy (non-hydrogen) atoms. The zero-order valence-corrected chi connectivity index (χ0v) is 9.39. The second kappa shape index (κ2) is 3.81. The normalized spacial score (nSPS) is 14.1. The van der Waals surface area contributed by atoms with Crippen molar-refractivity contribution in [2.75, 3.05) is 0 Å². The topological polar surface area (TPSA) is 63.3 Å². The molecule has 1 aromatic rings. The predicted molar refractivity (Wildman–Crippen MR) is 57.0 cm³/mol. The lowest BCUT2D eigenvalue weighted by Crippen LogP contribution is -2.18. The van der Waals surface area contributed by atoms with E-state index in [2.05, 4.69) is 0 Å². The summed E-state index contributed by atoms with van der Waals surface area (Å²) >= 11 is 0. The molecule has 0 spiro atoms. The molecular weight excluding hydrogens is 198 g/mol. The van der Waals surface area contributed by atoms with Crippen LogP contribution in [0.5, 0.6) is 0 Å². The molecule has 0 saturated heterocycles. The van der Waals surface area contributed by atoms with Gasteiger partial charge in [0.2, 0.25) is 0 Å². The lowest BCUT2D eigenvalue weighted by Gasteiger charge is -2.21. The molecule has 3 nitrogen and oxygen atoms in total. The van der Waals surface area contributed by atoms with Crippen LogP contribution in [0.25, 0.3) is 0 Å². The first kappa shape index (κ1) is 11.4. The SMILES string of the molecule is Cc1c(S(N)=O)cccc1C(C)(C)O. The van der Waals surface area contributed by atoms with Crippen LogP contribution in [0.15, 0.2) is 23.1 Å². The van der Waals surface area contributed by atoms with Gasteiger partial charge in [-0.2, -0.15) is 0 Å². The van der Waals surface area contributed by atoms with Crippen molar-refractivity contribution in [3.63, 3.8) is 0 Å². The van der Waals surface area contributed by atoms with Crippen LogP contribution in [0.2, 0.25) is 0 Å². The van der Waals surface area contributed by atoms with Crippen LogP contribution in [-0.2, 0) is 16.6 Å². The van der Waals surface area contributed by atoms with Gasteiger partial charge < -0.3 is 5.11 Å². The average molecular weight is 213 g/mol. The molecule has 0 heterocycles. The van der Waals surface area contributed by atoms with Crippen molar-refractivity contribution in [2.45, 2.75) is 31.3 Å². The highest BCUT2D eigenvalue weighted by Crippen LogP contribution is 2.26. The summed E-state index contributed by atoms with van der Waals surface area (Å²) in [6.45, 7) is 5.20. The van der Waals surface area contributed by atoms with E-state index in [-0.39, 0.29) is 0 Å². The van der Waals surface area contributed by atoms with Crippen molar-refractivity contribution in [1.82, 2.24) is 0 Å². The van der Waals surface area contributed by atoms with Crippen molar-refractivity contribution in [3.05, 3.63) is 29.3 Å². The molecular formula is C10H15NO2S. The Balaban J connectivity index is 3.35. The number of aliphatic hydroxyl groups is 1. The van der Waals surface area contributed by atoms with Crippen LogP contribution in [0.4, 0.5) is 0 Å². The van der Waals surface area contributed by atoms with E-state index in [0.717, 1.165) is 11.1 Å². The van der Waals surface area contributed by atoms with Crippen LogP contribution in [0.1, 0.15) is 25.0 Å². The average Bonchev–Trinajstić information content (AvgIpc) is 2.01. The molecule has 1 unspecified atom stereocenters. The molecule has 0 aromatic heterocycles. The summed E-state index contributed by atoms with van der Waals surface area (Å²) in [4.78, 5) is 0.574. The molecule has 3 N–H and O–H groups in total. The molecule has 0 aliphatic heterocycles. The Bertz CT molecular complexity index is 369. The van der Waals surface area contributed by atoms with E-state index >= 15 is 0 Å². The third-order valence-electron chi connectivity index (χ3n) is 2.16. The molecule has 1 atom stereocenters. The fourth-order valence-corrected chi connectivity index (χ4v) is 2.12. The highest BCUT2D eigenvalue weighted by Gasteiger charge is 2.20. The highest BCUT2D eigenvalue weighted by atomic mass is 32.2. The van der Waals surface area contributed by atoms with Crippen molar-refractivity contribution >= 4 is 11.0 Å². The van der Waals surface area contributed by atoms with E-state index < -0.39 is 16.6 Å². The Hall–Kier alpha value is -0.710. The van der Waals surface area contributed by atoms with Gasteiger partial charge in [-0.25, -0.2) is 9.35 Å². The largest absolute Gasteiger partial charge is 0.386 e. The molecule has 78 valence electrons. The van der Waals surface area contributed by atoms with E-state index in [1.165, 1.54) is 0 Å².